The molecule has 1 rings (SSSR count). The van der Waals surface area contributed by atoms with Crippen molar-refractivity contribution in [3.63, 3.8) is 0 Å². The number of carboxylic acid groups (broad SMARTS) is 1. The lowest BCUT2D eigenvalue weighted by molar-refractivity contribution is -0.141. The van der Waals surface area contributed by atoms with E-state index in [1.807, 2.05) is 0 Å². The Labute approximate surface area is 135 Å². The zero-order valence-corrected chi connectivity index (χ0v) is 14.5. The number of nitrogens with zero attached hydrogens (tertiary/aromatic N) is 1. The first-order valence-corrected chi connectivity index (χ1v) is 8.12. The van der Waals surface area contributed by atoms with Crippen molar-refractivity contribution in [2.24, 2.45) is 5.92 Å². The number of carbonyl (C=O) groups is 1. The van der Waals surface area contributed by atoms with E-state index in [4.69, 9.17) is 19.3 Å². The maximum atomic E-state index is 12.8. The van der Waals surface area contributed by atoms with Crippen LogP contribution in [0.2, 0.25) is 0 Å². The first-order chi connectivity index (χ1) is 10.7. The third-order valence-electron chi connectivity index (χ3n) is 3.29. The third kappa shape index (κ3) is 4.05. The van der Waals surface area contributed by atoms with Crippen molar-refractivity contribution < 1.29 is 32.5 Å². The predicted molar refractivity (Wildman–Crippen MR) is 82.7 cm³/mol. The molecule has 0 aliphatic rings. The number of sulfonamides is 1. The molecule has 0 amide bonds. The van der Waals surface area contributed by atoms with Gasteiger partial charge in [0.05, 0.1) is 27.2 Å². The lowest BCUT2D eigenvalue weighted by Crippen LogP contribution is -2.34. The van der Waals surface area contributed by atoms with E-state index in [1.54, 1.807) is 0 Å². The van der Waals surface area contributed by atoms with Crippen molar-refractivity contribution in [1.82, 2.24) is 4.31 Å². The third-order valence-corrected chi connectivity index (χ3v) is 5.18. The molecule has 0 heterocycles. The summed E-state index contributed by atoms with van der Waals surface area (Å²) in [5, 5.41) is 8.95. The topological polar surface area (TPSA) is 102 Å². The Bertz CT molecular complexity index is 647. The lowest BCUT2D eigenvalue weighted by atomic mass is 10.2. The number of hydrogen-bond donors (Lipinski definition) is 1. The number of ether oxygens (including phenoxy) is 3. The van der Waals surface area contributed by atoms with Gasteiger partial charge in [0, 0.05) is 25.7 Å². The molecule has 130 valence electrons. The summed E-state index contributed by atoms with van der Waals surface area (Å²) < 4.78 is 41.9. The molecule has 9 heteroatoms. The monoisotopic (exact) mass is 347 g/mol. The van der Waals surface area contributed by atoms with Gasteiger partial charge in [-0.25, -0.2) is 8.42 Å². The minimum Gasteiger partial charge on any atom is -0.496 e. The molecule has 0 saturated carbocycles. The fourth-order valence-corrected chi connectivity index (χ4v) is 3.47. The summed E-state index contributed by atoms with van der Waals surface area (Å²) in [5.74, 6) is -1.46. The summed E-state index contributed by atoms with van der Waals surface area (Å²) in [6.45, 7) is 1.24. The smallest absolute Gasteiger partial charge is 0.307 e. The predicted octanol–water partition coefficient (Wildman–Crippen LogP) is 1.05. The number of methoxy groups -OCH3 is 3. The Kier molecular flexibility index (Phi) is 6.22. The van der Waals surface area contributed by atoms with Gasteiger partial charge in [-0.3, -0.25) is 4.79 Å². The molecule has 1 atom stereocenters. The Balaban J connectivity index is 3.39. The summed E-state index contributed by atoms with van der Waals surface area (Å²) in [6, 6.07) is 2.84. The van der Waals surface area contributed by atoms with Crippen LogP contribution in [0.25, 0.3) is 0 Å². The van der Waals surface area contributed by atoms with Gasteiger partial charge in [-0.1, -0.05) is 6.92 Å². The van der Waals surface area contributed by atoms with Crippen molar-refractivity contribution in [1.29, 1.82) is 0 Å². The highest BCUT2D eigenvalue weighted by molar-refractivity contribution is 7.89. The molecule has 0 saturated heterocycles. The summed E-state index contributed by atoms with van der Waals surface area (Å²) in [6.07, 6.45) is 0. The van der Waals surface area contributed by atoms with Gasteiger partial charge in [0.25, 0.3) is 0 Å². The SMILES string of the molecule is COc1cc(OC)c(S(=O)(=O)N(C)CC(C)C(=O)O)c(OC)c1. The van der Waals surface area contributed by atoms with E-state index in [2.05, 4.69) is 0 Å². The molecule has 0 radical (unpaired) electrons. The molecule has 23 heavy (non-hydrogen) atoms. The van der Waals surface area contributed by atoms with Gasteiger partial charge < -0.3 is 19.3 Å². The van der Waals surface area contributed by atoms with Crippen LogP contribution in [0.1, 0.15) is 6.92 Å². The second-order valence-corrected chi connectivity index (χ2v) is 6.87. The Morgan fingerprint density at radius 1 is 1.17 bits per heavy atom. The Morgan fingerprint density at radius 2 is 1.65 bits per heavy atom. The molecule has 0 spiro atoms. The molecule has 0 aliphatic heterocycles. The highest BCUT2D eigenvalue weighted by atomic mass is 32.2. The molecule has 0 fully saturated rings. The van der Waals surface area contributed by atoms with E-state index in [0.717, 1.165) is 4.31 Å². The minimum atomic E-state index is -4.01. The molecular formula is C14H21NO7S. The number of benzene rings is 1. The van der Waals surface area contributed by atoms with Crippen LogP contribution < -0.4 is 14.2 Å². The molecule has 1 unspecified atom stereocenters. The fraction of sp³-hybridized carbons (Fsp3) is 0.500. The quantitative estimate of drug-likeness (QED) is 0.750. The van der Waals surface area contributed by atoms with Crippen LogP contribution in [-0.2, 0) is 14.8 Å². The Morgan fingerprint density at radius 3 is 2.00 bits per heavy atom. The average Bonchev–Trinajstić information content (AvgIpc) is 2.52. The minimum absolute atomic E-state index is 0.0519. The van der Waals surface area contributed by atoms with Gasteiger partial charge in [0.2, 0.25) is 10.0 Å². The highest BCUT2D eigenvalue weighted by Crippen LogP contribution is 2.39. The first-order valence-electron chi connectivity index (χ1n) is 6.68. The molecule has 1 N–H and O–H groups in total. The zero-order valence-electron chi connectivity index (χ0n) is 13.7. The normalized spacial score (nSPS) is 12.8. The number of rotatable bonds is 8. The molecule has 0 aromatic heterocycles. The highest BCUT2D eigenvalue weighted by Gasteiger charge is 2.31. The fourth-order valence-electron chi connectivity index (χ4n) is 1.95. The van der Waals surface area contributed by atoms with Crippen LogP contribution in [0.3, 0.4) is 0 Å². The maximum absolute atomic E-state index is 12.8. The number of carboxylic acids is 1. The lowest BCUT2D eigenvalue weighted by Gasteiger charge is -2.22. The summed E-state index contributed by atoms with van der Waals surface area (Å²) in [7, 11) is 1.38. The molecule has 1 aromatic rings. The van der Waals surface area contributed by atoms with Gasteiger partial charge in [-0.05, 0) is 0 Å². The van der Waals surface area contributed by atoms with Crippen LogP contribution in [0.4, 0.5) is 0 Å². The molecule has 0 aliphatic carbocycles. The van der Waals surface area contributed by atoms with Crippen LogP contribution in [-0.4, -0.2) is 58.7 Å². The number of aliphatic carboxylic acids is 1. The molecule has 8 nitrogen and oxygen atoms in total. The zero-order chi connectivity index (χ0) is 17.8. The standard InChI is InChI=1S/C14H21NO7S/c1-9(14(16)17)8-15(2)23(18,19)13-11(21-4)6-10(20-3)7-12(13)22-5/h6-7,9H,8H2,1-5H3,(H,16,17). The summed E-state index contributed by atoms with van der Waals surface area (Å²) in [4.78, 5) is 10.8. The summed E-state index contributed by atoms with van der Waals surface area (Å²) in [5.41, 5.74) is 0. The number of hydrogen-bond acceptors (Lipinski definition) is 6. The van der Waals surface area contributed by atoms with Crippen molar-refractivity contribution >= 4 is 16.0 Å². The molecule has 1 aromatic carbocycles. The maximum Gasteiger partial charge on any atom is 0.307 e. The van der Waals surface area contributed by atoms with Gasteiger partial charge in [-0.2, -0.15) is 4.31 Å². The average molecular weight is 347 g/mol. The summed E-state index contributed by atoms with van der Waals surface area (Å²) >= 11 is 0. The molecular weight excluding hydrogens is 326 g/mol. The van der Waals surface area contributed by atoms with Crippen molar-refractivity contribution in [2.75, 3.05) is 34.9 Å². The molecule has 0 bridgehead atoms. The first kappa shape index (κ1) is 19.0. The Hall–Kier alpha value is -2.00. The van der Waals surface area contributed by atoms with Crippen molar-refractivity contribution in [3.8, 4) is 17.2 Å². The van der Waals surface area contributed by atoms with E-state index < -0.39 is 21.9 Å². The van der Waals surface area contributed by atoms with Gasteiger partial charge in [0.1, 0.15) is 17.2 Å². The van der Waals surface area contributed by atoms with Crippen LogP contribution in [0, 0.1) is 5.92 Å². The van der Waals surface area contributed by atoms with E-state index in [1.165, 1.54) is 47.4 Å². The van der Waals surface area contributed by atoms with Crippen LogP contribution >= 0.6 is 0 Å². The van der Waals surface area contributed by atoms with Crippen LogP contribution in [0.15, 0.2) is 17.0 Å². The van der Waals surface area contributed by atoms with Gasteiger partial charge in [-0.15, -0.1) is 0 Å². The van der Waals surface area contributed by atoms with Gasteiger partial charge in [0.15, 0.2) is 4.90 Å². The second kappa shape index (κ2) is 7.51. The van der Waals surface area contributed by atoms with E-state index in [-0.39, 0.29) is 22.9 Å². The second-order valence-electron chi connectivity index (χ2n) is 4.89. The van der Waals surface area contributed by atoms with Crippen LogP contribution in [0.5, 0.6) is 17.2 Å². The largest absolute Gasteiger partial charge is 0.496 e. The van der Waals surface area contributed by atoms with E-state index >= 15 is 0 Å². The van der Waals surface area contributed by atoms with Crippen molar-refractivity contribution in [3.05, 3.63) is 12.1 Å². The van der Waals surface area contributed by atoms with Crippen molar-refractivity contribution in [2.45, 2.75) is 11.8 Å². The van der Waals surface area contributed by atoms with E-state index in [0.29, 0.717) is 5.75 Å². The van der Waals surface area contributed by atoms with E-state index in [9.17, 15) is 13.2 Å². The van der Waals surface area contributed by atoms with Gasteiger partial charge >= 0.3 is 5.97 Å².